The van der Waals surface area contributed by atoms with Gasteiger partial charge in [0.2, 0.25) is 0 Å². The Hall–Kier alpha value is -2.82. The third-order valence-corrected chi connectivity index (χ3v) is 4.94. The molecule has 4 nitrogen and oxygen atoms in total. The first-order valence-electron chi connectivity index (χ1n) is 10.1. The van der Waals surface area contributed by atoms with Crippen LogP contribution in [-0.4, -0.2) is 24.7 Å². The average Bonchev–Trinajstić information content (AvgIpc) is 2.75. The second-order valence-corrected chi connectivity index (χ2v) is 7.26. The molecule has 0 bridgehead atoms. The number of aliphatic hydroxyl groups is 1. The van der Waals surface area contributed by atoms with E-state index in [2.05, 4.69) is 42.7 Å². The summed E-state index contributed by atoms with van der Waals surface area (Å²) in [6.07, 6.45) is -0.543. The molecule has 3 rings (SSSR count). The van der Waals surface area contributed by atoms with Gasteiger partial charge in [-0.05, 0) is 48.2 Å². The second-order valence-electron chi connectivity index (χ2n) is 7.26. The van der Waals surface area contributed by atoms with Crippen LogP contribution in [-0.2, 0) is 6.61 Å². The highest BCUT2D eigenvalue weighted by Gasteiger charge is 2.07. The summed E-state index contributed by atoms with van der Waals surface area (Å²) in [6.45, 7) is 6.86. The van der Waals surface area contributed by atoms with Gasteiger partial charge in [-0.15, -0.1) is 0 Å². The molecule has 0 spiro atoms. The van der Waals surface area contributed by atoms with Crippen LogP contribution in [0.2, 0.25) is 0 Å². The van der Waals surface area contributed by atoms with E-state index >= 15 is 0 Å². The molecule has 0 saturated carbocycles. The molecule has 0 aliphatic carbocycles. The van der Waals surface area contributed by atoms with E-state index in [0.29, 0.717) is 13.2 Å². The molecule has 0 heterocycles. The number of rotatable bonds is 10. The first-order chi connectivity index (χ1) is 14.1. The van der Waals surface area contributed by atoms with E-state index < -0.39 is 6.10 Å². The molecule has 0 fully saturated rings. The van der Waals surface area contributed by atoms with Gasteiger partial charge in [-0.3, -0.25) is 0 Å². The lowest BCUT2D eigenvalue weighted by Crippen LogP contribution is -2.27. The van der Waals surface area contributed by atoms with Crippen LogP contribution in [0.4, 0.5) is 5.69 Å². The van der Waals surface area contributed by atoms with Crippen LogP contribution in [0.1, 0.15) is 28.4 Å². The van der Waals surface area contributed by atoms with E-state index in [4.69, 9.17) is 4.74 Å². The van der Waals surface area contributed by atoms with Crippen molar-refractivity contribution in [3.8, 4) is 5.75 Å². The molecular formula is C25H30N2O2. The van der Waals surface area contributed by atoms with E-state index in [1.54, 1.807) is 0 Å². The summed E-state index contributed by atoms with van der Waals surface area (Å²) in [5, 5.41) is 17.2. The maximum Gasteiger partial charge on any atom is 0.119 e. The molecule has 3 aromatic carbocycles. The van der Waals surface area contributed by atoms with Crippen molar-refractivity contribution in [2.75, 3.05) is 25.0 Å². The number of hydrogen-bond donors (Lipinski definition) is 3. The maximum atomic E-state index is 10.4. The molecule has 0 aromatic heterocycles. The van der Waals surface area contributed by atoms with Crippen LogP contribution in [0.5, 0.6) is 5.75 Å². The van der Waals surface area contributed by atoms with Gasteiger partial charge >= 0.3 is 0 Å². The molecule has 29 heavy (non-hydrogen) atoms. The van der Waals surface area contributed by atoms with Gasteiger partial charge < -0.3 is 20.5 Å². The van der Waals surface area contributed by atoms with Crippen molar-refractivity contribution >= 4 is 5.69 Å². The summed E-state index contributed by atoms with van der Waals surface area (Å²) < 4.78 is 5.80. The van der Waals surface area contributed by atoms with Crippen LogP contribution >= 0.6 is 0 Å². The molecule has 152 valence electrons. The normalized spacial score (nSPS) is 11.8. The first kappa shape index (κ1) is 20.9. The third-order valence-electron chi connectivity index (χ3n) is 4.94. The van der Waals surface area contributed by atoms with Gasteiger partial charge in [-0.1, -0.05) is 60.7 Å². The maximum absolute atomic E-state index is 10.4. The smallest absolute Gasteiger partial charge is 0.119 e. The summed E-state index contributed by atoms with van der Waals surface area (Å²) in [5.41, 5.74) is 5.71. The predicted octanol–water partition coefficient (Wildman–Crippen LogP) is 4.62. The van der Waals surface area contributed by atoms with Gasteiger partial charge in [0.05, 0.1) is 6.10 Å². The van der Waals surface area contributed by atoms with Crippen molar-refractivity contribution in [3.63, 3.8) is 0 Å². The van der Waals surface area contributed by atoms with E-state index in [0.717, 1.165) is 30.0 Å². The summed E-state index contributed by atoms with van der Waals surface area (Å²) in [7, 11) is 0. The van der Waals surface area contributed by atoms with E-state index in [-0.39, 0.29) is 0 Å². The zero-order valence-corrected chi connectivity index (χ0v) is 17.2. The van der Waals surface area contributed by atoms with Gasteiger partial charge in [0.1, 0.15) is 12.4 Å². The lowest BCUT2D eigenvalue weighted by Gasteiger charge is -2.15. The third kappa shape index (κ3) is 6.34. The predicted molar refractivity (Wildman–Crippen MR) is 119 cm³/mol. The van der Waals surface area contributed by atoms with Gasteiger partial charge in [-0.2, -0.15) is 0 Å². The van der Waals surface area contributed by atoms with Gasteiger partial charge in [0, 0.05) is 25.3 Å². The fourth-order valence-electron chi connectivity index (χ4n) is 3.25. The van der Waals surface area contributed by atoms with Crippen LogP contribution < -0.4 is 15.4 Å². The number of aliphatic hydroxyl groups excluding tert-OH is 1. The highest BCUT2D eigenvalue weighted by atomic mass is 16.5. The zero-order chi connectivity index (χ0) is 20.5. The monoisotopic (exact) mass is 390 g/mol. The fraction of sp³-hybridized carbons (Fsp3) is 0.280. The van der Waals surface area contributed by atoms with Crippen LogP contribution in [0.25, 0.3) is 0 Å². The van der Waals surface area contributed by atoms with Crippen LogP contribution in [0.3, 0.4) is 0 Å². The molecule has 4 heteroatoms. The SMILES string of the molecule is Cc1cccc(C)c1NCCNCC(O)c1ccc(OCc2ccccc2)cc1. The molecule has 1 unspecified atom stereocenters. The van der Waals surface area contributed by atoms with Crippen molar-refractivity contribution in [3.05, 3.63) is 95.1 Å². The standard InChI is InChI=1S/C25H30N2O2/c1-19-7-6-8-20(2)25(19)27-16-15-26-17-24(28)22-11-13-23(14-12-22)29-18-21-9-4-3-5-10-21/h3-14,24,26-28H,15-18H2,1-2H3. The molecule has 1 atom stereocenters. The molecule has 0 amide bonds. The van der Waals surface area contributed by atoms with Crippen molar-refractivity contribution in [1.82, 2.24) is 5.32 Å². The van der Waals surface area contributed by atoms with Crippen molar-refractivity contribution in [2.45, 2.75) is 26.6 Å². The van der Waals surface area contributed by atoms with E-state index in [9.17, 15) is 5.11 Å². The second kappa shape index (κ2) is 10.6. The Balaban J connectivity index is 1.38. The summed E-state index contributed by atoms with van der Waals surface area (Å²) in [5.74, 6) is 0.801. The Bertz CT molecular complexity index is 859. The molecule has 0 saturated heterocycles. The largest absolute Gasteiger partial charge is 0.489 e. The quantitative estimate of drug-likeness (QED) is 0.442. The van der Waals surface area contributed by atoms with Gasteiger partial charge in [-0.25, -0.2) is 0 Å². The Morgan fingerprint density at radius 3 is 2.21 bits per heavy atom. The Morgan fingerprint density at radius 1 is 0.828 bits per heavy atom. The minimum atomic E-state index is -0.543. The summed E-state index contributed by atoms with van der Waals surface area (Å²) in [4.78, 5) is 0. The average molecular weight is 391 g/mol. The Kier molecular flexibility index (Phi) is 7.68. The van der Waals surface area contributed by atoms with Crippen LogP contribution in [0, 0.1) is 13.8 Å². The number of benzene rings is 3. The molecule has 0 radical (unpaired) electrons. The fourth-order valence-corrected chi connectivity index (χ4v) is 3.25. The minimum Gasteiger partial charge on any atom is -0.489 e. The van der Waals surface area contributed by atoms with E-state index in [1.807, 2.05) is 54.6 Å². The lowest BCUT2D eigenvalue weighted by molar-refractivity contribution is 0.175. The van der Waals surface area contributed by atoms with Gasteiger partial charge in [0.25, 0.3) is 0 Å². The van der Waals surface area contributed by atoms with Crippen molar-refractivity contribution < 1.29 is 9.84 Å². The molecule has 0 aliphatic rings. The van der Waals surface area contributed by atoms with Crippen molar-refractivity contribution in [2.24, 2.45) is 0 Å². The number of nitrogens with one attached hydrogen (secondary N) is 2. The number of ether oxygens (including phenoxy) is 1. The minimum absolute atomic E-state index is 0.513. The number of anilines is 1. The molecule has 3 N–H and O–H groups in total. The topological polar surface area (TPSA) is 53.5 Å². The Morgan fingerprint density at radius 2 is 1.52 bits per heavy atom. The number of aryl methyl sites for hydroxylation is 2. The summed E-state index contributed by atoms with van der Waals surface area (Å²) >= 11 is 0. The van der Waals surface area contributed by atoms with Gasteiger partial charge in [0.15, 0.2) is 0 Å². The number of para-hydroxylation sites is 1. The lowest BCUT2D eigenvalue weighted by atomic mass is 10.1. The molecule has 0 aliphatic heterocycles. The summed E-state index contributed by atoms with van der Waals surface area (Å²) in [6, 6.07) is 24.0. The Labute approximate surface area is 173 Å². The first-order valence-corrected chi connectivity index (χ1v) is 10.1. The van der Waals surface area contributed by atoms with Crippen molar-refractivity contribution in [1.29, 1.82) is 0 Å². The van der Waals surface area contributed by atoms with E-state index in [1.165, 1.54) is 16.8 Å². The number of hydrogen-bond acceptors (Lipinski definition) is 4. The zero-order valence-electron chi connectivity index (χ0n) is 17.2. The molecular weight excluding hydrogens is 360 g/mol. The molecule has 3 aromatic rings. The van der Waals surface area contributed by atoms with Crippen LogP contribution in [0.15, 0.2) is 72.8 Å². The highest BCUT2D eigenvalue weighted by Crippen LogP contribution is 2.20. The highest BCUT2D eigenvalue weighted by molar-refractivity contribution is 5.56.